The zero-order valence-electron chi connectivity index (χ0n) is 30.3. The fraction of sp³-hybridized carbons (Fsp3) is 0. The van der Waals surface area contributed by atoms with Gasteiger partial charge in [0.05, 0.1) is 0 Å². The molecule has 258 valence electrons. The van der Waals surface area contributed by atoms with E-state index in [4.69, 9.17) is 4.42 Å². The van der Waals surface area contributed by atoms with Crippen LogP contribution < -0.4 is 15.8 Å². The molecule has 11 aromatic rings. The van der Waals surface area contributed by atoms with E-state index >= 15 is 0 Å². The maximum absolute atomic E-state index is 6.96. The largest absolute Gasteiger partial charge is 0.455 e. The van der Waals surface area contributed by atoms with Crippen LogP contribution in [0.15, 0.2) is 192 Å². The van der Waals surface area contributed by atoms with Crippen molar-refractivity contribution in [2.75, 3.05) is 4.90 Å². The first kappa shape index (κ1) is 30.1. The molecule has 0 spiro atoms. The molecule has 0 fully saturated rings. The lowest BCUT2D eigenvalue weighted by Gasteiger charge is -2.40. The lowest BCUT2D eigenvalue weighted by molar-refractivity contribution is 0.670. The summed E-state index contributed by atoms with van der Waals surface area (Å²) < 4.78 is 9.61. The van der Waals surface area contributed by atoms with Crippen LogP contribution in [0.5, 0.6) is 0 Å². The molecule has 4 heteroatoms. The average Bonchev–Trinajstić information content (AvgIpc) is 3.80. The molecule has 0 amide bonds. The van der Waals surface area contributed by atoms with Gasteiger partial charge in [-0.1, -0.05) is 146 Å². The normalized spacial score (nSPS) is 12.9. The molecule has 0 saturated heterocycles. The smallest absolute Gasteiger partial charge is 0.333 e. The summed E-state index contributed by atoms with van der Waals surface area (Å²) in [5, 5.41) is 7.30. The second kappa shape index (κ2) is 11.1. The number of fused-ring (bicyclic) bond motifs is 12. The Bertz CT molecular complexity index is 3420. The van der Waals surface area contributed by atoms with Gasteiger partial charge in [0.1, 0.15) is 11.2 Å². The Morgan fingerprint density at radius 2 is 1.11 bits per heavy atom. The average molecular weight is 711 g/mol. The third kappa shape index (κ3) is 4.02. The molecule has 0 aliphatic carbocycles. The van der Waals surface area contributed by atoms with E-state index in [2.05, 4.69) is 197 Å². The zero-order valence-corrected chi connectivity index (χ0v) is 30.3. The van der Waals surface area contributed by atoms with E-state index in [0.717, 1.165) is 27.6 Å². The van der Waals surface area contributed by atoms with Gasteiger partial charge in [0.15, 0.2) is 0 Å². The Morgan fingerprint density at radius 3 is 1.91 bits per heavy atom. The molecular formula is C52H31BN2O. The Labute approximate surface area is 323 Å². The summed E-state index contributed by atoms with van der Waals surface area (Å²) in [6, 6.07) is 68.9. The lowest BCUT2D eigenvalue weighted by Crippen LogP contribution is -2.56. The predicted octanol–water partition coefficient (Wildman–Crippen LogP) is 12.6. The highest BCUT2D eigenvalue weighted by molar-refractivity contribution is 6.90. The van der Waals surface area contributed by atoms with Crippen molar-refractivity contribution >= 4 is 89.4 Å². The lowest BCUT2D eigenvalue weighted by atomic mass is 9.44. The van der Waals surface area contributed by atoms with Gasteiger partial charge in [-0.05, 0) is 86.4 Å². The van der Waals surface area contributed by atoms with E-state index < -0.39 is 0 Å². The summed E-state index contributed by atoms with van der Waals surface area (Å²) in [6.45, 7) is -0.104. The van der Waals surface area contributed by atoms with Crippen molar-refractivity contribution in [2.24, 2.45) is 0 Å². The maximum atomic E-state index is 6.96. The number of aromatic nitrogens is 1. The first-order valence-electron chi connectivity index (χ1n) is 19.4. The van der Waals surface area contributed by atoms with E-state index in [-0.39, 0.29) is 6.85 Å². The van der Waals surface area contributed by atoms with Crippen LogP contribution in [0.25, 0.3) is 87.9 Å². The predicted molar refractivity (Wildman–Crippen MR) is 236 cm³/mol. The molecule has 0 saturated carbocycles. The van der Waals surface area contributed by atoms with Gasteiger partial charge < -0.3 is 13.8 Å². The topological polar surface area (TPSA) is 21.3 Å². The molecule has 13 rings (SSSR count). The van der Waals surface area contributed by atoms with E-state index in [1.807, 2.05) is 0 Å². The Kier molecular flexibility index (Phi) is 5.98. The summed E-state index contributed by atoms with van der Waals surface area (Å²) in [7, 11) is 0. The number of hydrogen-bond donors (Lipinski definition) is 0. The van der Waals surface area contributed by atoms with Crippen LogP contribution in [-0.2, 0) is 0 Å². The number of furan rings is 1. The van der Waals surface area contributed by atoms with Crippen LogP contribution in [0.4, 0.5) is 17.1 Å². The fourth-order valence-corrected chi connectivity index (χ4v) is 9.90. The molecule has 0 bridgehead atoms. The van der Waals surface area contributed by atoms with Crippen LogP contribution in [0.1, 0.15) is 0 Å². The van der Waals surface area contributed by atoms with Gasteiger partial charge in [-0.15, -0.1) is 0 Å². The van der Waals surface area contributed by atoms with Crippen molar-refractivity contribution in [3.63, 3.8) is 0 Å². The maximum Gasteiger partial charge on any atom is 0.333 e. The second-order valence-electron chi connectivity index (χ2n) is 15.2. The number of para-hydroxylation sites is 2. The van der Waals surface area contributed by atoms with E-state index in [0.29, 0.717) is 0 Å². The number of hydrogen-bond acceptors (Lipinski definition) is 2. The molecule has 4 heterocycles. The summed E-state index contributed by atoms with van der Waals surface area (Å²) in [4.78, 5) is 2.50. The minimum atomic E-state index is -0.104. The first-order valence-corrected chi connectivity index (χ1v) is 19.4. The second-order valence-corrected chi connectivity index (χ2v) is 15.2. The molecule has 0 unspecified atom stereocenters. The van der Waals surface area contributed by atoms with Gasteiger partial charge in [-0.3, -0.25) is 0 Å². The first-order chi connectivity index (χ1) is 27.8. The SMILES string of the molecule is c1ccc(-c2ccc(N3c4ccc(-c5ccccc5)cc4B4c5c3cc3c(oc6ccccc63)c5-c3cccc5c6cc7ccccc7cc6n4c35)cc2)cc1. The highest BCUT2D eigenvalue weighted by atomic mass is 16.3. The quantitative estimate of drug-likeness (QED) is 0.170. The number of benzene rings is 9. The molecule has 2 aliphatic heterocycles. The van der Waals surface area contributed by atoms with Crippen molar-refractivity contribution in [3.8, 4) is 33.4 Å². The molecule has 0 radical (unpaired) electrons. The third-order valence-corrected chi connectivity index (χ3v) is 12.3. The Morgan fingerprint density at radius 1 is 0.446 bits per heavy atom. The van der Waals surface area contributed by atoms with E-state index in [9.17, 15) is 0 Å². The zero-order chi connectivity index (χ0) is 36.5. The molecular weight excluding hydrogens is 679 g/mol. The minimum Gasteiger partial charge on any atom is -0.455 e. The van der Waals surface area contributed by atoms with E-state index in [1.54, 1.807) is 0 Å². The van der Waals surface area contributed by atoms with Crippen molar-refractivity contribution in [3.05, 3.63) is 188 Å². The highest BCUT2D eigenvalue weighted by Crippen LogP contribution is 2.50. The van der Waals surface area contributed by atoms with Crippen molar-refractivity contribution in [1.29, 1.82) is 0 Å². The molecule has 3 nitrogen and oxygen atoms in total. The summed E-state index contributed by atoms with van der Waals surface area (Å²) in [6.07, 6.45) is 0. The van der Waals surface area contributed by atoms with Gasteiger partial charge in [0.25, 0.3) is 0 Å². The van der Waals surface area contributed by atoms with Crippen LogP contribution in [0.3, 0.4) is 0 Å². The molecule has 2 aliphatic rings. The van der Waals surface area contributed by atoms with Gasteiger partial charge in [-0.25, -0.2) is 0 Å². The monoisotopic (exact) mass is 710 g/mol. The van der Waals surface area contributed by atoms with Crippen molar-refractivity contribution < 1.29 is 4.42 Å². The number of rotatable bonds is 3. The van der Waals surface area contributed by atoms with Crippen LogP contribution in [-0.4, -0.2) is 11.3 Å². The number of anilines is 3. The van der Waals surface area contributed by atoms with Crippen LogP contribution in [0, 0.1) is 0 Å². The third-order valence-electron chi connectivity index (χ3n) is 12.3. The summed E-state index contributed by atoms with van der Waals surface area (Å²) in [5.74, 6) is 0. The molecule has 0 atom stereocenters. The summed E-state index contributed by atoms with van der Waals surface area (Å²) >= 11 is 0. The van der Waals surface area contributed by atoms with Gasteiger partial charge in [-0.2, -0.15) is 0 Å². The van der Waals surface area contributed by atoms with Crippen molar-refractivity contribution in [2.45, 2.75) is 0 Å². The van der Waals surface area contributed by atoms with Gasteiger partial charge >= 0.3 is 6.85 Å². The van der Waals surface area contributed by atoms with E-state index in [1.165, 1.54) is 88.3 Å². The molecule has 2 aromatic heterocycles. The Hall–Kier alpha value is -7.30. The van der Waals surface area contributed by atoms with Gasteiger partial charge in [0, 0.05) is 60.8 Å². The Balaban J connectivity index is 1.19. The fourth-order valence-electron chi connectivity index (χ4n) is 9.90. The van der Waals surface area contributed by atoms with Gasteiger partial charge in [0.2, 0.25) is 0 Å². The van der Waals surface area contributed by atoms with Crippen molar-refractivity contribution in [1.82, 2.24) is 4.48 Å². The molecule has 0 N–H and O–H groups in total. The molecule has 9 aromatic carbocycles. The summed E-state index contributed by atoms with van der Waals surface area (Å²) in [5.41, 5.74) is 17.6. The highest BCUT2D eigenvalue weighted by Gasteiger charge is 2.44. The van der Waals surface area contributed by atoms with Crippen LogP contribution in [0.2, 0.25) is 0 Å². The standard InChI is InChI=1S/C52H31BN2O/c1-3-12-32(13-4-1)34-22-25-38(26-23-34)54-45-27-24-37(33-14-5-2-6-15-33)29-44(45)53-50-47(54)31-43-39-18-9-10-21-48(39)56-52(43)49(50)41-20-11-19-40-42-28-35-16-7-8-17-36(35)30-46(42)55(53)51(40)41/h1-31H. The minimum absolute atomic E-state index is 0.104. The number of nitrogens with zero attached hydrogens (tertiary/aromatic N) is 2. The van der Waals surface area contributed by atoms with Crippen LogP contribution >= 0.6 is 0 Å². The molecule has 56 heavy (non-hydrogen) atoms.